The Morgan fingerprint density at radius 3 is 0.902 bits per heavy atom. The van der Waals surface area contributed by atoms with Gasteiger partial charge < -0.3 is 35.3 Å². The fourth-order valence-corrected chi connectivity index (χ4v) is 13.5. The third-order valence-corrected chi connectivity index (χ3v) is 18.1. The molecule has 442 valence electrons. The van der Waals surface area contributed by atoms with Crippen molar-refractivity contribution in [2.45, 2.75) is 223 Å². The highest BCUT2D eigenvalue weighted by molar-refractivity contribution is 7.32. The average molecular weight is 1150 g/mol. The van der Waals surface area contributed by atoms with Gasteiger partial charge in [-0.15, -0.1) is 0 Å². The maximum absolute atomic E-state index is 7.96. The van der Waals surface area contributed by atoms with Gasteiger partial charge in [0, 0.05) is 54.9 Å². The molecule has 0 N–H and O–H groups in total. The van der Waals surface area contributed by atoms with E-state index in [-0.39, 0.29) is 32.5 Å². The smallest absolute Gasteiger partial charge is 0.453 e. The van der Waals surface area contributed by atoms with Crippen LogP contribution in [0.4, 0.5) is 0 Å². The van der Waals surface area contributed by atoms with Gasteiger partial charge in [-0.25, -0.2) is 0 Å². The van der Waals surface area contributed by atoms with Crippen LogP contribution in [0.5, 0.6) is 23.0 Å². The highest BCUT2D eigenvalue weighted by atomic mass is 31.1. The largest absolute Gasteiger partial charge is 0.497 e. The first-order valence-electron chi connectivity index (χ1n) is 29.2. The second-order valence-electron chi connectivity index (χ2n) is 31.1. The van der Waals surface area contributed by atoms with Crippen LogP contribution < -0.4 is 18.5 Å². The molecule has 0 atom stereocenters. The Morgan fingerprint density at radius 2 is 0.622 bits per heavy atom. The van der Waals surface area contributed by atoms with Gasteiger partial charge in [-0.2, -0.15) is 0 Å². The molecule has 2 heterocycles. The van der Waals surface area contributed by atoms with Crippen molar-refractivity contribution in [3.05, 3.63) is 128 Å². The molecule has 0 aliphatic heterocycles. The maximum atomic E-state index is 7.96. The van der Waals surface area contributed by atoms with Crippen LogP contribution in [0.1, 0.15) is 222 Å². The van der Waals surface area contributed by atoms with E-state index in [2.05, 4.69) is 216 Å². The van der Waals surface area contributed by atoms with Crippen LogP contribution in [0.25, 0.3) is 55.0 Å². The molecule has 8 rings (SSSR count). The van der Waals surface area contributed by atoms with E-state index in [1.54, 1.807) is 14.2 Å². The van der Waals surface area contributed by atoms with E-state index in [1.807, 2.05) is 36.4 Å². The minimum atomic E-state index is -2.24. The molecule has 0 unspecified atom stereocenters. The van der Waals surface area contributed by atoms with E-state index in [0.29, 0.717) is 34.2 Å². The Morgan fingerprint density at radius 1 is 0.317 bits per heavy atom. The fourth-order valence-electron chi connectivity index (χ4n) is 11.2. The van der Waals surface area contributed by atoms with Crippen LogP contribution in [0.2, 0.25) is 0 Å². The number of methoxy groups -OCH3 is 2. The maximum Gasteiger partial charge on any atom is 0.453 e. The summed E-state index contributed by atoms with van der Waals surface area (Å²) in [5, 5.41) is 3.63. The normalized spacial score (nSPS) is 13.4. The van der Waals surface area contributed by atoms with Gasteiger partial charge in [0.2, 0.25) is 0 Å². The summed E-state index contributed by atoms with van der Waals surface area (Å²) in [6.45, 7) is 59.3. The van der Waals surface area contributed by atoms with Crippen LogP contribution >= 0.6 is 16.5 Å². The average Bonchev–Trinajstić information content (AvgIpc) is 2.60. The topological polar surface area (TPSA) is 89.5 Å². The minimum Gasteiger partial charge on any atom is -0.497 e. The molecular weight excluding hydrogens is 1050 g/mol. The van der Waals surface area contributed by atoms with E-state index in [0.717, 1.165) is 77.2 Å². The predicted molar refractivity (Wildman–Crippen MR) is 349 cm³/mol. The summed E-state index contributed by atoms with van der Waals surface area (Å²) >= 11 is 0. The van der Waals surface area contributed by atoms with Crippen LogP contribution in [-0.2, 0) is 43.3 Å². The molecule has 0 bridgehead atoms. The van der Waals surface area contributed by atoms with Crippen LogP contribution in [0.3, 0.4) is 0 Å². The Balaban J connectivity index is 1.62. The lowest BCUT2D eigenvalue weighted by Gasteiger charge is -2.34. The van der Waals surface area contributed by atoms with Crippen LogP contribution in [0, 0.1) is 13.8 Å². The van der Waals surface area contributed by atoms with Gasteiger partial charge >= 0.3 is 16.5 Å². The third kappa shape index (κ3) is 12.3. The molecule has 0 amide bonds. The van der Waals surface area contributed by atoms with Crippen molar-refractivity contribution in [3.8, 4) is 34.1 Å². The van der Waals surface area contributed by atoms with Crippen molar-refractivity contribution < 1.29 is 35.3 Å². The molecule has 82 heavy (non-hydrogen) atoms. The zero-order valence-electron chi connectivity index (χ0n) is 55.1. The molecule has 0 spiro atoms. The lowest BCUT2D eigenvalue weighted by molar-refractivity contribution is 0.415. The van der Waals surface area contributed by atoms with Crippen molar-refractivity contribution in [2.24, 2.45) is 0 Å². The Hall–Kier alpha value is -5.68. The van der Waals surface area contributed by atoms with Crippen molar-refractivity contribution in [3.63, 3.8) is 0 Å². The molecule has 6 aromatic carbocycles. The predicted octanol–water partition coefficient (Wildman–Crippen LogP) is 23.3. The fraction of sp³-hybridized carbons (Fsp3) is 0.500. The SMILES string of the molecule is COc1ccc2op(Oc3c(C(C)(C)C)cc(C(C)(C)C)c(C)c3-c3c(C)c(C(C)(C)C)cc(C(C)(C)C)c3Op3oc4c(C(C)(C)C)cc(C(C)(C)C)cc4c4cc(C(C)(C)C)cc(C(C)(C)C)c4o3)oc3ccc(OC)cc3c2c1. The highest BCUT2D eigenvalue weighted by Gasteiger charge is 2.38. The standard InChI is InChI=1S/C72H96O8P2/c1-41-51(67(9,10)11)39-55(71(21,22)23)63(79-81-75-57-31-29-45(73-27)37-47(57)48-38-46(74-28)30-32-58(48)76-81)59(41)60-42(2)52(68(12,13)14)40-56(72(24,25)26)64(60)80-82-77-61-49(33-43(65(3,4)5)35-53(61)69(15,16)17)50-34-44(66(6,7)8)36-54(62(50)78-82)70(18,19)20/h29-40H,1-28H3. The first-order chi connectivity index (χ1) is 37.4. The summed E-state index contributed by atoms with van der Waals surface area (Å²) in [6.07, 6.45) is 0. The van der Waals surface area contributed by atoms with Crippen molar-refractivity contribution in [1.82, 2.24) is 0 Å². The van der Waals surface area contributed by atoms with E-state index >= 15 is 0 Å². The van der Waals surface area contributed by atoms with Gasteiger partial charge in [0.15, 0.2) is 0 Å². The number of hydrogen-bond donors (Lipinski definition) is 0. The molecule has 0 saturated carbocycles. The molecule has 0 radical (unpaired) electrons. The molecule has 8 aromatic rings. The summed E-state index contributed by atoms with van der Waals surface area (Å²) in [7, 11) is -1.08. The summed E-state index contributed by atoms with van der Waals surface area (Å²) < 4.78 is 56.5. The van der Waals surface area contributed by atoms with E-state index in [9.17, 15) is 0 Å². The first kappa shape index (κ1) is 62.4. The number of benzene rings is 6. The molecule has 0 fully saturated rings. The molecule has 0 saturated heterocycles. The second kappa shape index (κ2) is 21.1. The van der Waals surface area contributed by atoms with Crippen molar-refractivity contribution in [1.29, 1.82) is 0 Å². The summed E-state index contributed by atoms with van der Waals surface area (Å²) in [4.78, 5) is 0. The molecule has 0 aliphatic carbocycles. The van der Waals surface area contributed by atoms with Gasteiger partial charge in [0.25, 0.3) is 0 Å². The Labute approximate surface area is 493 Å². The van der Waals surface area contributed by atoms with Gasteiger partial charge in [-0.05, 0) is 139 Å². The third-order valence-electron chi connectivity index (χ3n) is 16.0. The quantitative estimate of drug-likeness (QED) is 0.156. The molecule has 2 aromatic heterocycles. The van der Waals surface area contributed by atoms with Crippen LogP contribution in [0.15, 0.2) is 89.6 Å². The number of ether oxygens (including phenoxy) is 2. The zero-order chi connectivity index (χ0) is 61.2. The monoisotopic (exact) mass is 1150 g/mol. The number of rotatable bonds is 7. The Kier molecular flexibility index (Phi) is 16.1. The van der Waals surface area contributed by atoms with E-state index in [1.165, 1.54) is 22.3 Å². The molecule has 10 heteroatoms. The molecular formula is C72H96O8P2. The Bertz CT molecular complexity index is 3710. The summed E-state index contributed by atoms with van der Waals surface area (Å²) in [5.41, 5.74) is 13.4. The van der Waals surface area contributed by atoms with Gasteiger partial charge in [0.1, 0.15) is 45.3 Å². The number of fused-ring (bicyclic) bond motifs is 6. The lowest BCUT2D eigenvalue weighted by atomic mass is 9.72. The lowest BCUT2D eigenvalue weighted by Crippen LogP contribution is -2.22. The van der Waals surface area contributed by atoms with Crippen LogP contribution in [-0.4, -0.2) is 14.2 Å². The zero-order valence-corrected chi connectivity index (χ0v) is 56.9. The highest BCUT2D eigenvalue weighted by Crippen LogP contribution is 2.57. The van der Waals surface area contributed by atoms with Gasteiger partial charge in [-0.3, -0.25) is 0 Å². The van der Waals surface area contributed by atoms with Gasteiger partial charge in [0.05, 0.1) is 14.2 Å². The minimum absolute atomic E-state index is 0.159. The van der Waals surface area contributed by atoms with Crippen molar-refractivity contribution >= 4 is 60.4 Å². The first-order valence-corrected chi connectivity index (χ1v) is 31.4. The molecule has 0 aliphatic rings. The summed E-state index contributed by atoms with van der Waals surface area (Å²) in [5.74, 6) is 2.73. The molecule has 8 nitrogen and oxygen atoms in total. The second-order valence-corrected chi connectivity index (χ2v) is 33.1. The van der Waals surface area contributed by atoms with E-state index in [4.69, 9.17) is 35.3 Å². The van der Waals surface area contributed by atoms with E-state index < -0.39 is 27.3 Å². The van der Waals surface area contributed by atoms with Gasteiger partial charge in [-0.1, -0.05) is 190 Å². The van der Waals surface area contributed by atoms with Crippen molar-refractivity contribution in [2.75, 3.05) is 14.2 Å². The summed E-state index contributed by atoms with van der Waals surface area (Å²) in [6, 6.07) is 25.7. The number of hydrogen-bond acceptors (Lipinski definition) is 8.